The highest BCUT2D eigenvalue weighted by atomic mass is 32.2. The molecule has 2 aromatic carbocycles. The van der Waals surface area contributed by atoms with Crippen molar-refractivity contribution in [3.63, 3.8) is 0 Å². The molecule has 2 saturated heterocycles. The molecule has 2 fully saturated rings. The minimum absolute atomic E-state index is 0.168. The summed E-state index contributed by atoms with van der Waals surface area (Å²) in [6.07, 6.45) is 5.04. The van der Waals surface area contributed by atoms with Crippen LogP contribution in [0, 0.1) is 0 Å². The molecule has 0 radical (unpaired) electrons. The van der Waals surface area contributed by atoms with Gasteiger partial charge >= 0.3 is 0 Å². The fourth-order valence-corrected chi connectivity index (χ4v) is 6.77. The third-order valence-electron chi connectivity index (χ3n) is 7.33. The van der Waals surface area contributed by atoms with Crippen molar-refractivity contribution >= 4 is 20.9 Å². The highest BCUT2D eigenvalue weighted by Crippen LogP contribution is 2.35. The highest BCUT2D eigenvalue weighted by molar-refractivity contribution is 7.89. The molecule has 2 aliphatic rings. The molecule has 33 heavy (non-hydrogen) atoms. The normalized spacial score (nSPS) is 19.9. The number of nitrogens with one attached hydrogen (secondary N) is 1. The van der Waals surface area contributed by atoms with E-state index in [4.69, 9.17) is 0 Å². The largest absolute Gasteiger partial charge is 0.393 e. The Hall–Kier alpha value is -2.19. The summed E-state index contributed by atoms with van der Waals surface area (Å²) in [5.41, 5.74) is 4.84. The van der Waals surface area contributed by atoms with Crippen LogP contribution in [0.15, 0.2) is 54.7 Å². The molecule has 3 aromatic rings. The topological polar surface area (TPSA) is 76.6 Å². The number of piperidine rings is 2. The van der Waals surface area contributed by atoms with E-state index >= 15 is 0 Å². The molecular formula is C26H33N3O3S. The van der Waals surface area contributed by atoms with Gasteiger partial charge in [-0.15, -0.1) is 0 Å². The Bertz CT molecular complexity index is 1180. The number of rotatable bonds is 6. The van der Waals surface area contributed by atoms with Crippen LogP contribution in [0.2, 0.25) is 0 Å². The van der Waals surface area contributed by atoms with Gasteiger partial charge in [0, 0.05) is 49.8 Å². The van der Waals surface area contributed by atoms with Crippen LogP contribution in [0.25, 0.3) is 22.0 Å². The molecule has 6 nitrogen and oxygen atoms in total. The van der Waals surface area contributed by atoms with E-state index in [0.29, 0.717) is 25.6 Å². The number of aromatic nitrogens is 1. The average molecular weight is 468 g/mol. The maximum Gasteiger partial charge on any atom is 0.215 e. The van der Waals surface area contributed by atoms with Crippen LogP contribution >= 0.6 is 0 Å². The number of fused-ring (bicyclic) bond motifs is 1. The number of benzene rings is 2. The summed E-state index contributed by atoms with van der Waals surface area (Å²) in [4.78, 5) is 5.57. The van der Waals surface area contributed by atoms with Gasteiger partial charge in [0.25, 0.3) is 0 Å². The first-order chi connectivity index (χ1) is 16.0. The lowest BCUT2D eigenvalue weighted by atomic mass is 9.89. The molecule has 0 unspecified atom stereocenters. The van der Waals surface area contributed by atoms with E-state index in [0.717, 1.165) is 44.3 Å². The minimum atomic E-state index is -3.25. The van der Waals surface area contributed by atoms with Crippen LogP contribution in [-0.4, -0.2) is 72.3 Å². The summed E-state index contributed by atoms with van der Waals surface area (Å²) in [6.45, 7) is 3.28. The van der Waals surface area contributed by atoms with Crippen molar-refractivity contribution in [2.75, 3.05) is 38.5 Å². The van der Waals surface area contributed by atoms with Gasteiger partial charge in [-0.25, -0.2) is 12.7 Å². The van der Waals surface area contributed by atoms with Gasteiger partial charge in [0.1, 0.15) is 0 Å². The molecule has 2 N–H and O–H groups in total. The third kappa shape index (κ3) is 5.01. The van der Waals surface area contributed by atoms with E-state index in [-0.39, 0.29) is 11.9 Å². The molecule has 1 aromatic heterocycles. The summed E-state index contributed by atoms with van der Waals surface area (Å²) < 4.78 is 27.6. The first kappa shape index (κ1) is 22.6. The number of aromatic amines is 1. The van der Waals surface area contributed by atoms with Gasteiger partial charge in [0.15, 0.2) is 0 Å². The van der Waals surface area contributed by atoms with Crippen molar-refractivity contribution in [1.29, 1.82) is 0 Å². The molecule has 0 bridgehead atoms. The lowest BCUT2D eigenvalue weighted by Crippen LogP contribution is -2.43. The summed E-state index contributed by atoms with van der Waals surface area (Å²) in [5.74, 6) is 0.529. The molecule has 7 heteroatoms. The SMILES string of the molecule is O=S(=O)(CCN1CCC(O)CC1)N1CCC(c2c[nH]c3ccc(-c4ccccc4)cc23)CC1. The van der Waals surface area contributed by atoms with Crippen LogP contribution in [-0.2, 0) is 10.0 Å². The number of sulfonamides is 1. The lowest BCUT2D eigenvalue weighted by molar-refractivity contribution is 0.0854. The Kier molecular flexibility index (Phi) is 6.56. The zero-order valence-electron chi connectivity index (χ0n) is 19.0. The number of aliphatic hydroxyl groups is 1. The second-order valence-electron chi connectivity index (χ2n) is 9.43. The average Bonchev–Trinajstić information content (AvgIpc) is 3.28. The van der Waals surface area contributed by atoms with Crippen molar-refractivity contribution in [2.45, 2.75) is 37.7 Å². The van der Waals surface area contributed by atoms with Crippen molar-refractivity contribution in [2.24, 2.45) is 0 Å². The smallest absolute Gasteiger partial charge is 0.215 e. The van der Waals surface area contributed by atoms with Gasteiger partial charge < -0.3 is 15.0 Å². The fraction of sp³-hybridized carbons (Fsp3) is 0.462. The standard InChI is InChI=1S/C26H33N3O3S/c30-23-10-12-28(13-11-23)16-17-33(31,32)29-14-8-21(9-15-29)25-19-27-26-7-6-22(18-24(25)26)20-4-2-1-3-5-20/h1-7,18-19,21,23,27,30H,8-17H2. The van der Waals surface area contributed by atoms with E-state index in [2.05, 4.69) is 58.5 Å². The monoisotopic (exact) mass is 467 g/mol. The third-order valence-corrected chi connectivity index (χ3v) is 9.18. The zero-order chi connectivity index (χ0) is 22.8. The van der Waals surface area contributed by atoms with Crippen molar-refractivity contribution in [3.8, 4) is 11.1 Å². The van der Waals surface area contributed by atoms with Crippen molar-refractivity contribution in [3.05, 3.63) is 60.3 Å². The molecule has 176 valence electrons. The Morgan fingerprint density at radius 2 is 1.64 bits per heavy atom. The highest BCUT2D eigenvalue weighted by Gasteiger charge is 2.30. The molecule has 0 saturated carbocycles. The number of aliphatic hydroxyl groups excluding tert-OH is 1. The minimum Gasteiger partial charge on any atom is -0.393 e. The van der Waals surface area contributed by atoms with E-state index in [1.165, 1.54) is 22.1 Å². The first-order valence-electron chi connectivity index (χ1n) is 12.0. The molecule has 0 amide bonds. The number of nitrogens with zero attached hydrogens (tertiary/aromatic N) is 2. The van der Waals surface area contributed by atoms with Crippen molar-refractivity contribution in [1.82, 2.24) is 14.2 Å². The van der Waals surface area contributed by atoms with Crippen LogP contribution in [0.1, 0.15) is 37.2 Å². The summed E-state index contributed by atoms with van der Waals surface area (Å²) in [6, 6.07) is 16.9. The molecule has 3 heterocycles. The van der Waals surface area contributed by atoms with Crippen LogP contribution in [0.5, 0.6) is 0 Å². The molecular weight excluding hydrogens is 434 g/mol. The van der Waals surface area contributed by atoms with Crippen molar-refractivity contribution < 1.29 is 13.5 Å². The van der Waals surface area contributed by atoms with Crippen LogP contribution in [0.4, 0.5) is 0 Å². The summed E-state index contributed by atoms with van der Waals surface area (Å²) >= 11 is 0. The maximum absolute atomic E-state index is 12.9. The predicted molar refractivity (Wildman–Crippen MR) is 133 cm³/mol. The van der Waals surface area contributed by atoms with Crippen LogP contribution < -0.4 is 0 Å². The molecule has 0 aliphatic carbocycles. The van der Waals surface area contributed by atoms with Gasteiger partial charge in [-0.3, -0.25) is 0 Å². The van der Waals surface area contributed by atoms with Gasteiger partial charge in [0.2, 0.25) is 10.0 Å². The predicted octanol–water partition coefficient (Wildman–Crippen LogP) is 3.80. The van der Waals surface area contributed by atoms with E-state index < -0.39 is 10.0 Å². The number of hydrogen-bond acceptors (Lipinski definition) is 4. The molecule has 5 rings (SSSR count). The molecule has 0 atom stereocenters. The quantitative estimate of drug-likeness (QED) is 0.578. The second-order valence-corrected chi connectivity index (χ2v) is 11.5. The lowest BCUT2D eigenvalue weighted by Gasteiger charge is -2.33. The number of H-pyrrole nitrogens is 1. The van der Waals surface area contributed by atoms with E-state index in [1.807, 2.05) is 6.07 Å². The Morgan fingerprint density at radius 3 is 2.36 bits per heavy atom. The molecule has 2 aliphatic heterocycles. The van der Waals surface area contributed by atoms with Gasteiger partial charge in [-0.05, 0) is 60.4 Å². The number of hydrogen-bond donors (Lipinski definition) is 2. The second kappa shape index (κ2) is 9.58. The Balaban J connectivity index is 1.23. The van der Waals surface area contributed by atoms with Gasteiger partial charge in [0.05, 0.1) is 11.9 Å². The number of likely N-dealkylation sites (tertiary alicyclic amines) is 1. The fourth-order valence-electron chi connectivity index (χ4n) is 5.25. The summed E-state index contributed by atoms with van der Waals surface area (Å²) in [5, 5.41) is 10.9. The molecule has 0 spiro atoms. The van der Waals surface area contributed by atoms with Crippen LogP contribution in [0.3, 0.4) is 0 Å². The first-order valence-corrected chi connectivity index (χ1v) is 13.7. The Morgan fingerprint density at radius 1 is 0.909 bits per heavy atom. The van der Waals surface area contributed by atoms with E-state index in [1.54, 1.807) is 4.31 Å². The zero-order valence-corrected chi connectivity index (χ0v) is 19.8. The Labute approximate surface area is 196 Å². The van der Waals surface area contributed by atoms with E-state index in [9.17, 15) is 13.5 Å². The summed E-state index contributed by atoms with van der Waals surface area (Å²) in [7, 11) is -3.25. The maximum atomic E-state index is 12.9. The van der Waals surface area contributed by atoms with Gasteiger partial charge in [-0.1, -0.05) is 36.4 Å². The van der Waals surface area contributed by atoms with Gasteiger partial charge in [-0.2, -0.15) is 0 Å².